The highest BCUT2D eigenvalue weighted by Gasteiger charge is 2.38. The van der Waals surface area contributed by atoms with Crippen molar-refractivity contribution in [1.82, 2.24) is 14.8 Å². The summed E-state index contributed by atoms with van der Waals surface area (Å²) in [5.74, 6) is -2.74. The van der Waals surface area contributed by atoms with Gasteiger partial charge in [0.2, 0.25) is 5.91 Å². The lowest BCUT2D eigenvalue weighted by molar-refractivity contribution is -0.133. The smallest absolute Gasteiger partial charge is 0.333 e. The number of rotatable bonds is 13. The van der Waals surface area contributed by atoms with E-state index in [0.717, 1.165) is 23.5 Å². The monoisotopic (exact) mass is 591 g/mol. The number of carboxylic acid groups (broad SMARTS) is 1. The third-order valence-electron chi connectivity index (χ3n) is 7.71. The average molecular weight is 592 g/mol. The van der Waals surface area contributed by atoms with E-state index in [4.69, 9.17) is 5.73 Å². The number of piperidine rings is 1. The number of amides is 1. The molecule has 1 aromatic rings. The maximum absolute atomic E-state index is 13.7. The maximum Gasteiger partial charge on any atom is 0.333 e. The summed E-state index contributed by atoms with van der Waals surface area (Å²) in [5.41, 5.74) is 7.91. The van der Waals surface area contributed by atoms with Crippen molar-refractivity contribution in [2.24, 2.45) is 5.73 Å². The van der Waals surface area contributed by atoms with Crippen LogP contribution in [0.2, 0.25) is 0 Å². The Bertz CT molecular complexity index is 1090. The molecule has 3 heterocycles. The molecule has 4 N–H and O–H groups in total. The van der Waals surface area contributed by atoms with Gasteiger partial charge in [0.15, 0.2) is 0 Å². The van der Waals surface area contributed by atoms with Gasteiger partial charge in [-0.3, -0.25) is 4.79 Å². The minimum absolute atomic E-state index is 0.146. The van der Waals surface area contributed by atoms with E-state index >= 15 is 0 Å². The number of likely N-dealkylation sites (tertiary alicyclic amines) is 1. The normalized spacial score (nSPS) is 17.3. The fourth-order valence-electron chi connectivity index (χ4n) is 5.42. The van der Waals surface area contributed by atoms with Crippen molar-refractivity contribution < 1.29 is 23.5 Å². The van der Waals surface area contributed by atoms with Crippen molar-refractivity contribution in [2.75, 3.05) is 31.5 Å². The quantitative estimate of drug-likeness (QED) is 0.217. The summed E-state index contributed by atoms with van der Waals surface area (Å²) in [6, 6.07) is 3.37. The van der Waals surface area contributed by atoms with Gasteiger partial charge >= 0.3 is 5.97 Å². The fourth-order valence-corrected chi connectivity index (χ4v) is 5.42. The molecule has 10 heteroatoms. The van der Waals surface area contributed by atoms with Crippen LogP contribution in [0.4, 0.5) is 14.6 Å². The highest BCUT2D eigenvalue weighted by atomic mass is 19.3. The second kappa shape index (κ2) is 17.2. The molecule has 236 valence electrons. The Morgan fingerprint density at radius 3 is 2.21 bits per heavy atom. The number of carbonyl (C=O) groups excluding carboxylic acids is 1. The summed E-state index contributed by atoms with van der Waals surface area (Å²) in [6.07, 6.45) is 12.1. The Labute approximate surface area is 250 Å². The second-order valence-electron chi connectivity index (χ2n) is 11.5. The molecule has 42 heavy (non-hydrogen) atoms. The number of carboxylic acids is 1. The van der Waals surface area contributed by atoms with Gasteiger partial charge in [0, 0.05) is 38.5 Å². The molecule has 1 fully saturated rings. The zero-order chi connectivity index (χ0) is 31.3. The molecular formula is C32H51F2N5O3. The van der Waals surface area contributed by atoms with Crippen LogP contribution < -0.4 is 11.1 Å². The van der Waals surface area contributed by atoms with Crippen molar-refractivity contribution >= 4 is 17.7 Å². The Morgan fingerprint density at radius 2 is 1.67 bits per heavy atom. The number of nitrogens with one attached hydrogen (secondary N) is 1. The Balaban J connectivity index is 0.000000476. The minimum Gasteiger partial charge on any atom is -0.478 e. The Morgan fingerprint density at radius 1 is 1.07 bits per heavy atom. The topological polar surface area (TPSA) is 112 Å². The fraction of sp³-hybridized carbons (Fsp3) is 0.656. The molecule has 1 aromatic heterocycles. The first kappa shape index (κ1) is 35.2. The van der Waals surface area contributed by atoms with Crippen LogP contribution in [-0.2, 0) is 9.59 Å². The second-order valence-corrected chi connectivity index (χ2v) is 11.5. The van der Waals surface area contributed by atoms with Crippen LogP contribution in [0, 0.1) is 6.92 Å². The standard InChI is InChI=1S/C22H28F2N4O3.C10H23N/c1-13-9-18(21(30)31)12-28(20(13)27-7-5-22(23,24)6-8-27)15(3)17-10-14(2)25-19(11-17)26-16(4)29;1-2-3-4-5-6-7-8-9-10-11/h9-11,15H,5-8,12H2,1-4H3,(H,30,31)(H,25,26,29);2-11H2,1H3. The summed E-state index contributed by atoms with van der Waals surface area (Å²) in [6.45, 7) is 10.6. The number of carbonyl (C=O) groups is 2. The van der Waals surface area contributed by atoms with Crippen LogP contribution in [0.5, 0.6) is 0 Å². The molecule has 2 aliphatic rings. The largest absolute Gasteiger partial charge is 0.478 e. The molecule has 0 radical (unpaired) electrons. The minimum atomic E-state index is -2.67. The highest BCUT2D eigenvalue weighted by Crippen LogP contribution is 2.37. The molecule has 0 aromatic carbocycles. The predicted molar refractivity (Wildman–Crippen MR) is 164 cm³/mol. The van der Waals surface area contributed by atoms with Gasteiger partial charge in [0.1, 0.15) is 11.6 Å². The molecule has 1 amide bonds. The number of alkyl halides is 2. The van der Waals surface area contributed by atoms with Crippen molar-refractivity contribution in [3.05, 3.63) is 46.4 Å². The number of pyridine rings is 1. The number of aryl methyl sites for hydroxylation is 1. The summed E-state index contributed by atoms with van der Waals surface area (Å²) in [7, 11) is 0. The van der Waals surface area contributed by atoms with E-state index in [9.17, 15) is 23.5 Å². The molecule has 3 rings (SSSR count). The zero-order valence-corrected chi connectivity index (χ0v) is 26.1. The number of aliphatic carboxylic acids is 1. The lowest BCUT2D eigenvalue weighted by atomic mass is 9.99. The highest BCUT2D eigenvalue weighted by molar-refractivity contribution is 5.88. The van der Waals surface area contributed by atoms with E-state index in [1.807, 2.05) is 36.6 Å². The Hall–Kier alpha value is -3.01. The van der Waals surface area contributed by atoms with E-state index < -0.39 is 11.9 Å². The molecule has 0 saturated carbocycles. The third-order valence-corrected chi connectivity index (χ3v) is 7.71. The maximum atomic E-state index is 13.7. The van der Waals surface area contributed by atoms with Crippen LogP contribution >= 0.6 is 0 Å². The Kier molecular flexibility index (Phi) is 14.4. The first-order valence-electron chi connectivity index (χ1n) is 15.4. The lowest BCUT2D eigenvalue weighted by Gasteiger charge is -2.45. The molecule has 2 aliphatic heterocycles. The van der Waals surface area contributed by atoms with Crippen LogP contribution in [0.1, 0.15) is 109 Å². The van der Waals surface area contributed by atoms with Crippen LogP contribution in [-0.4, -0.2) is 63.9 Å². The van der Waals surface area contributed by atoms with E-state index in [1.165, 1.54) is 58.3 Å². The summed E-state index contributed by atoms with van der Waals surface area (Å²) < 4.78 is 27.5. The summed E-state index contributed by atoms with van der Waals surface area (Å²) in [4.78, 5) is 31.4. The van der Waals surface area contributed by atoms with Gasteiger partial charge in [-0.1, -0.05) is 51.9 Å². The van der Waals surface area contributed by atoms with Gasteiger partial charge in [-0.2, -0.15) is 0 Å². The number of aromatic nitrogens is 1. The summed E-state index contributed by atoms with van der Waals surface area (Å²) in [5, 5.41) is 12.3. The van der Waals surface area contributed by atoms with Crippen molar-refractivity contribution in [1.29, 1.82) is 0 Å². The first-order chi connectivity index (χ1) is 19.9. The van der Waals surface area contributed by atoms with Gasteiger partial charge in [-0.15, -0.1) is 0 Å². The molecule has 0 spiro atoms. The van der Waals surface area contributed by atoms with E-state index in [1.54, 1.807) is 12.1 Å². The first-order valence-corrected chi connectivity index (χ1v) is 15.4. The molecule has 8 nitrogen and oxygen atoms in total. The SMILES string of the molecule is CC(=O)Nc1cc(C(C)N2CC(C(=O)O)=CC(C)=C2N2CCC(F)(F)CC2)cc(C)n1.CCCCCCCCCCN. The molecule has 1 atom stereocenters. The predicted octanol–water partition coefficient (Wildman–Crippen LogP) is 6.78. The number of hydrogen-bond acceptors (Lipinski definition) is 6. The van der Waals surface area contributed by atoms with Crippen molar-refractivity contribution in [3.8, 4) is 0 Å². The van der Waals surface area contributed by atoms with Crippen LogP contribution in [0.3, 0.4) is 0 Å². The van der Waals surface area contributed by atoms with Gasteiger partial charge in [-0.05, 0) is 63.1 Å². The number of nitrogens with two attached hydrogens (primary N) is 1. The number of hydrogen-bond donors (Lipinski definition) is 3. The molecular weight excluding hydrogens is 540 g/mol. The van der Waals surface area contributed by atoms with Crippen LogP contribution in [0.15, 0.2) is 35.2 Å². The van der Waals surface area contributed by atoms with Gasteiger partial charge < -0.3 is 26.0 Å². The van der Waals surface area contributed by atoms with E-state index in [-0.39, 0.29) is 50.0 Å². The van der Waals surface area contributed by atoms with Gasteiger partial charge in [0.05, 0.1) is 18.2 Å². The van der Waals surface area contributed by atoms with E-state index in [2.05, 4.69) is 17.2 Å². The van der Waals surface area contributed by atoms with Gasteiger partial charge in [0.25, 0.3) is 5.92 Å². The molecule has 1 unspecified atom stereocenters. The number of unbranched alkanes of at least 4 members (excludes halogenated alkanes) is 7. The molecule has 1 saturated heterocycles. The zero-order valence-electron chi connectivity index (χ0n) is 26.1. The van der Waals surface area contributed by atoms with E-state index in [0.29, 0.717) is 11.5 Å². The number of allylic oxidation sites excluding steroid dienone is 2. The van der Waals surface area contributed by atoms with Crippen molar-refractivity contribution in [2.45, 2.75) is 111 Å². The molecule has 0 bridgehead atoms. The lowest BCUT2D eigenvalue weighted by Crippen LogP contribution is -2.46. The van der Waals surface area contributed by atoms with Crippen LogP contribution in [0.25, 0.3) is 0 Å². The molecule has 0 aliphatic carbocycles. The van der Waals surface area contributed by atoms with Crippen molar-refractivity contribution in [3.63, 3.8) is 0 Å². The third kappa shape index (κ3) is 11.3. The summed E-state index contributed by atoms with van der Waals surface area (Å²) >= 11 is 0. The number of nitrogens with zero attached hydrogens (tertiary/aromatic N) is 3. The number of anilines is 1. The van der Waals surface area contributed by atoms with Gasteiger partial charge in [-0.25, -0.2) is 18.6 Å². The number of halogens is 2. The average Bonchev–Trinajstić information content (AvgIpc) is 2.92.